The fourth-order valence-corrected chi connectivity index (χ4v) is 1.56. The molecule has 2 nitrogen and oxygen atoms in total. The molecule has 1 aromatic carbocycles. The summed E-state index contributed by atoms with van der Waals surface area (Å²) in [5.74, 6) is -3.69. The van der Waals surface area contributed by atoms with Gasteiger partial charge in [0.2, 0.25) is 0 Å². The molecular weight excluding hydrogens is 368 g/mol. The van der Waals surface area contributed by atoms with E-state index >= 15 is 0 Å². The number of nitrogens with zero attached hydrogens (tertiary/aromatic N) is 2. The molecule has 0 N–H and O–H groups in total. The van der Waals surface area contributed by atoms with Crippen LogP contribution in [0.1, 0.15) is 0 Å². The zero-order valence-electron chi connectivity index (χ0n) is 10.4. The predicted octanol–water partition coefficient (Wildman–Crippen LogP) is 3.86. The Balaban J connectivity index is 0.000000191. The van der Waals surface area contributed by atoms with E-state index in [0.717, 1.165) is 6.07 Å². The zero-order chi connectivity index (χ0) is 14.4. The van der Waals surface area contributed by atoms with Crippen LogP contribution in [0.2, 0.25) is 0 Å². The number of pyridine rings is 1. The first kappa shape index (κ1) is 15.7. The molecule has 0 spiro atoms. The molecule has 102 valence electrons. The van der Waals surface area contributed by atoms with Gasteiger partial charge in [-0.05, 0) is 46.9 Å². The lowest BCUT2D eigenvalue weighted by Gasteiger charge is -2.10. The Morgan fingerprint density at radius 1 is 0.947 bits per heavy atom. The van der Waals surface area contributed by atoms with Crippen molar-refractivity contribution in [1.29, 1.82) is 0 Å². The van der Waals surface area contributed by atoms with E-state index in [4.69, 9.17) is 0 Å². The molecule has 0 saturated carbocycles. The van der Waals surface area contributed by atoms with Crippen molar-refractivity contribution in [2.45, 2.75) is 0 Å². The quantitative estimate of drug-likeness (QED) is 0.425. The van der Waals surface area contributed by atoms with Gasteiger partial charge in [-0.1, -0.05) is 0 Å². The molecule has 1 heterocycles. The maximum absolute atomic E-state index is 12.4. The van der Waals surface area contributed by atoms with Gasteiger partial charge in [0, 0.05) is 32.2 Å². The van der Waals surface area contributed by atoms with Gasteiger partial charge < -0.3 is 4.90 Å². The minimum Gasteiger partial charge on any atom is -0.378 e. The first-order valence-corrected chi connectivity index (χ1v) is 6.37. The molecule has 0 radical (unpaired) electrons. The van der Waals surface area contributed by atoms with Crippen LogP contribution in [0.15, 0.2) is 36.7 Å². The molecule has 2 aromatic rings. The van der Waals surface area contributed by atoms with Crippen LogP contribution >= 0.6 is 22.6 Å². The van der Waals surface area contributed by atoms with Crippen molar-refractivity contribution < 1.29 is 13.2 Å². The largest absolute Gasteiger partial charge is 0.378 e. The third-order valence-corrected chi connectivity index (χ3v) is 3.00. The van der Waals surface area contributed by atoms with Crippen LogP contribution in [0.5, 0.6) is 0 Å². The topological polar surface area (TPSA) is 16.1 Å². The number of rotatable bonds is 1. The molecule has 0 atom stereocenters. The average molecular weight is 380 g/mol. The zero-order valence-corrected chi connectivity index (χ0v) is 12.5. The third-order valence-electron chi connectivity index (χ3n) is 2.17. The summed E-state index contributed by atoms with van der Waals surface area (Å²) < 4.78 is 36.8. The lowest BCUT2D eigenvalue weighted by Crippen LogP contribution is -2.07. The molecule has 2 rings (SSSR count). The van der Waals surface area contributed by atoms with Crippen molar-refractivity contribution in [2.75, 3.05) is 19.0 Å². The molecule has 0 bridgehead atoms. The van der Waals surface area contributed by atoms with E-state index in [1.54, 1.807) is 35.0 Å². The van der Waals surface area contributed by atoms with Crippen molar-refractivity contribution in [1.82, 2.24) is 4.98 Å². The molecule has 0 aliphatic heterocycles. The fraction of sp³-hybridized carbons (Fsp3) is 0.154. The predicted molar refractivity (Wildman–Crippen MR) is 77.6 cm³/mol. The number of aromatic nitrogens is 1. The molecule has 0 aliphatic carbocycles. The molecule has 1 aromatic heterocycles. The van der Waals surface area contributed by atoms with E-state index in [9.17, 15) is 13.2 Å². The third kappa shape index (κ3) is 4.70. The molecule has 0 saturated heterocycles. The maximum atomic E-state index is 12.4. The highest BCUT2D eigenvalue weighted by molar-refractivity contribution is 14.1. The minimum absolute atomic E-state index is 0.0801. The SMILES string of the molecule is CN(C)c1ccncc1.Fc1ccc(I)c(F)c1F. The van der Waals surface area contributed by atoms with Gasteiger partial charge in [-0.3, -0.25) is 4.98 Å². The van der Waals surface area contributed by atoms with Crippen molar-refractivity contribution in [3.63, 3.8) is 0 Å². The van der Waals surface area contributed by atoms with Crippen LogP contribution < -0.4 is 4.90 Å². The summed E-state index contributed by atoms with van der Waals surface area (Å²) in [6, 6.07) is 6.01. The molecule has 19 heavy (non-hydrogen) atoms. The Morgan fingerprint density at radius 3 is 1.95 bits per heavy atom. The van der Waals surface area contributed by atoms with Gasteiger partial charge in [-0.25, -0.2) is 13.2 Å². The summed E-state index contributed by atoms with van der Waals surface area (Å²) in [5.41, 5.74) is 1.19. The summed E-state index contributed by atoms with van der Waals surface area (Å²) >= 11 is 1.58. The van der Waals surface area contributed by atoms with E-state index in [0.29, 0.717) is 0 Å². The monoisotopic (exact) mass is 380 g/mol. The van der Waals surface area contributed by atoms with Crippen molar-refractivity contribution in [3.8, 4) is 0 Å². The van der Waals surface area contributed by atoms with Gasteiger partial charge >= 0.3 is 0 Å². The molecular formula is C13H12F3IN2. The first-order chi connectivity index (χ1) is 8.93. The van der Waals surface area contributed by atoms with Crippen LogP contribution in [0, 0.1) is 21.0 Å². The highest BCUT2D eigenvalue weighted by Gasteiger charge is 2.10. The minimum atomic E-state index is -1.41. The van der Waals surface area contributed by atoms with Crippen LogP contribution in [-0.4, -0.2) is 19.1 Å². The van der Waals surface area contributed by atoms with Gasteiger partial charge in [0.1, 0.15) is 0 Å². The first-order valence-electron chi connectivity index (χ1n) is 5.30. The molecule has 0 amide bonds. The molecule has 0 aliphatic rings. The van der Waals surface area contributed by atoms with Gasteiger partial charge in [0.15, 0.2) is 17.5 Å². The highest BCUT2D eigenvalue weighted by Crippen LogP contribution is 2.16. The molecule has 6 heteroatoms. The van der Waals surface area contributed by atoms with Gasteiger partial charge in [-0.2, -0.15) is 0 Å². The Labute approximate surface area is 123 Å². The summed E-state index contributed by atoms with van der Waals surface area (Å²) in [4.78, 5) is 5.94. The summed E-state index contributed by atoms with van der Waals surface area (Å²) in [6.07, 6.45) is 3.57. The lowest BCUT2D eigenvalue weighted by molar-refractivity contribution is 0.444. The number of halogens is 4. The second-order valence-corrected chi connectivity index (χ2v) is 4.92. The average Bonchev–Trinajstić information content (AvgIpc) is 2.42. The highest BCUT2D eigenvalue weighted by atomic mass is 127. The number of anilines is 1. The standard InChI is InChI=1S/C7H10N2.C6H2F3I/c1-9(2)7-3-5-8-6-4-7;7-3-1-2-4(10)6(9)5(3)8/h3-6H,1-2H3;1-2H. The lowest BCUT2D eigenvalue weighted by atomic mass is 10.3. The molecule has 0 fully saturated rings. The number of hydrogen-bond acceptors (Lipinski definition) is 2. The Hall–Kier alpha value is -1.31. The smallest absolute Gasteiger partial charge is 0.195 e. The van der Waals surface area contributed by atoms with Crippen molar-refractivity contribution in [3.05, 3.63) is 57.7 Å². The summed E-state index contributed by atoms with van der Waals surface area (Å²) in [7, 11) is 4.02. The van der Waals surface area contributed by atoms with Gasteiger partial charge in [-0.15, -0.1) is 0 Å². The van der Waals surface area contributed by atoms with Crippen molar-refractivity contribution >= 4 is 28.3 Å². The summed E-state index contributed by atoms with van der Waals surface area (Å²) in [6.45, 7) is 0. The van der Waals surface area contributed by atoms with Crippen LogP contribution in [-0.2, 0) is 0 Å². The Morgan fingerprint density at radius 2 is 1.53 bits per heavy atom. The summed E-state index contributed by atoms with van der Waals surface area (Å²) in [5, 5.41) is 0. The van der Waals surface area contributed by atoms with Crippen molar-refractivity contribution in [2.24, 2.45) is 0 Å². The Kier molecular flexibility index (Phi) is 6.07. The van der Waals surface area contributed by atoms with E-state index in [1.165, 1.54) is 11.8 Å². The second kappa shape index (κ2) is 7.32. The van der Waals surface area contributed by atoms with Crippen LogP contribution in [0.25, 0.3) is 0 Å². The number of benzene rings is 1. The molecule has 0 unspecified atom stereocenters. The van der Waals surface area contributed by atoms with E-state index in [-0.39, 0.29) is 3.57 Å². The van der Waals surface area contributed by atoms with E-state index in [2.05, 4.69) is 4.98 Å². The number of hydrogen-bond donors (Lipinski definition) is 0. The Bertz CT molecular complexity index is 506. The van der Waals surface area contributed by atoms with E-state index in [1.807, 2.05) is 31.1 Å². The second-order valence-electron chi connectivity index (χ2n) is 3.76. The fourth-order valence-electron chi connectivity index (χ4n) is 1.14. The van der Waals surface area contributed by atoms with Crippen LogP contribution in [0.4, 0.5) is 18.9 Å². The van der Waals surface area contributed by atoms with Crippen LogP contribution in [0.3, 0.4) is 0 Å². The van der Waals surface area contributed by atoms with Gasteiger partial charge in [0.25, 0.3) is 0 Å². The maximum Gasteiger partial charge on any atom is 0.195 e. The van der Waals surface area contributed by atoms with E-state index < -0.39 is 17.5 Å². The van der Waals surface area contributed by atoms with Gasteiger partial charge in [0.05, 0.1) is 3.57 Å². The normalized spacial score (nSPS) is 9.58.